The molecule has 1 aromatic heterocycles. The van der Waals surface area contributed by atoms with E-state index in [4.69, 9.17) is 30.5 Å². The monoisotopic (exact) mass is 494 g/mol. The summed E-state index contributed by atoms with van der Waals surface area (Å²) in [4.78, 5) is 18.9. The fourth-order valence-electron chi connectivity index (χ4n) is 5.18. The molecule has 0 saturated carbocycles. The Balaban J connectivity index is 1.67. The van der Waals surface area contributed by atoms with Gasteiger partial charge in [-0.3, -0.25) is 4.79 Å². The molecule has 8 heteroatoms. The summed E-state index contributed by atoms with van der Waals surface area (Å²) in [7, 11) is 6.32. The first-order chi connectivity index (χ1) is 17.0. The fraction of sp³-hybridized carbons (Fsp3) is 0.296. The van der Waals surface area contributed by atoms with E-state index in [1.807, 2.05) is 24.3 Å². The number of fused-ring (bicyclic) bond motifs is 4. The molecular formula is C27H27ClN2O5. The molecule has 1 aliphatic rings. The Labute approximate surface area is 208 Å². The largest absolute Gasteiger partial charge is 0.496 e. The Bertz CT molecular complexity index is 1460. The molecule has 4 aromatic rings. The second kappa shape index (κ2) is 8.89. The van der Waals surface area contributed by atoms with E-state index in [9.17, 15) is 4.79 Å². The SMILES string of the molecule is COc1cc2cc(C(=O)N3C[C@@H](CCl)c4c3cc(OC)c3cccc(C)c43)[nH]c2c(OC)c1OC. The fourth-order valence-corrected chi connectivity index (χ4v) is 5.43. The van der Waals surface area contributed by atoms with E-state index in [0.717, 1.165) is 38.7 Å². The quantitative estimate of drug-likeness (QED) is 0.351. The maximum atomic E-state index is 13.9. The van der Waals surface area contributed by atoms with Crippen LogP contribution in [0, 0.1) is 6.92 Å². The van der Waals surface area contributed by atoms with Gasteiger partial charge in [-0.25, -0.2) is 0 Å². The molecule has 35 heavy (non-hydrogen) atoms. The summed E-state index contributed by atoms with van der Waals surface area (Å²) < 4.78 is 22.3. The molecule has 7 nitrogen and oxygen atoms in total. The lowest BCUT2D eigenvalue weighted by Crippen LogP contribution is -2.30. The number of hydrogen-bond acceptors (Lipinski definition) is 5. The number of ether oxygens (including phenoxy) is 4. The number of H-pyrrole nitrogens is 1. The summed E-state index contributed by atoms with van der Waals surface area (Å²) in [6, 6.07) is 11.7. The second-order valence-corrected chi connectivity index (χ2v) is 8.88. The summed E-state index contributed by atoms with van der Waals surface area (Å²) in [6.07, 6.45) is 0. The van der Waals surface area contributed by atoms with Crippen molar-refractivity contribution in [2.45, 2.75) is 12.8 Å². The first-order valence-electron chi connectivity index (χ1n) is 11.3. The number of aromatic nitrogens is 1. The molecule has 5 rings (SSSR count). The number of amides is 1. The van der Waals surface area contributed by atoms with Crippen LogP contribution in [0.5, 0.6) is 23.0 Å². The molecule has 0 unspecified atom stereocenters. The highest BCUT2D eigenvalue weighted by Crippen LogP contribution is 2.47. The predicted octanol–water partition coefficient (Wildman–Crippen LogP) is 5.65. The Morgan fingerprint density at radius 3 is 2.43 bits per heavy atom. The van der Waals surface area contributed by atoms with Gasteiger partial charge in [0.1, 0.15) is 11.4 Å². The zero-order valence-corrected chi connectivity index (χ0v) is 21.1. The number of nitrogens with one attached hydrogen (secondary N) is 1. The van der Waals surface area contributed by atoms with Crippen LogP contribution in [0.4, 0.5) is 5.69 Å². The minimum absolute atomic E-state index is 0.00391. The number of methoxy groups -OCH3 is 4. The van der Waals surface area contributed by atoms with Crippen molar-refractivity contribution in [1.82, 2.24) is 4.98 Å². The zero-order chi connectivity index (χ0) is 24.9. The van der Waals surface area contributed by atoms with E-state index >= 15 is 0 Å². The molecule has 0 radical (unpaired) electrons. The maximum absolute atomic E-state index is 13.9. The number of nitrogens with zero attached hydrogens (tertiary/aromatic N) is 1. The van der Waals surface area contributed by atoms with Gasteiger partial charge >= 0.3 is 0 Å². The Morgan fingerprint density at radius 2 is 1.77 bits per heavy atom. The number of hydrogen-bond donors (Lipinski definition) is 1. The first-order valence-corrected chi connectivity index (χ1v) is 11.8. The molecule has 0 saturated heterocycles. The Morgan fingerprint density at radius 1 is 1.03 bits per heavy atom. The normalized spacial score (nSPS) is 14.9. The molecule has 0 bridgehead atoms. The number of carbonyl (C=O) groups excluding carboxylic acids is 1. The van der Waals surface area contributed by atoms with Crippen LogP contribution in [-0.2, 0) is 0 Å². The molecule has 3 aromatic carbocycles. The molecule has 1 aliphatic heterocycles. The lowest BCUT2D eigenvalue weighted by atomic mass is 9.92. The van der Waals surface area contributed by atoms with Gasteiger partial charge in [-0.2, -0.15) is 0 Å². The van der Waals surface area contributed by atoms with Crippen LogP contribution in [-0.4, -0.2) is 51.8 Å². The highest BCUT2D eigenvalue weighted by molar-refractivity contribution is 6.19. The topological polar surface area (TPSA) is 73.0 Å². The number of halogens is 1. The average Bonchev–Trinajstić information content (AvgIpc) is 3.47. The Hall–Kier alpha value is -3.58. The van der Waals surface area contributed by atoms with Gasteiger partial charge in [0.15, 0.2) is 11.5 Å². The lowest BCUT2D eigenvalue weighted by molar-refractivity contribution is 0.0984. The third kappa shape index (κ3) is 3.45. The molecule has 0 spiro atoms. The van der Waals surface area contributed by atoms with Crippen LogP contribution in [0.3, 0.4) is 0 Å². The van der Waals surface area contributed by atoms with E-state index < -0.39 is 0 Å². The van der Waals surface area contributed by atoms with Crippen LogP contribution >= 0.6 is 11.6 Å². The summed E-state index contributed by atoms with van der Waals surface area (Å²) in [6.45, 7) is 2.55. The number of rotatable bonds is 6. The first kappa shape index (κ1) is 23.2. The number of aromatic amines is 1. The van der Waals surface area contributed by atoms with E-state index in [2.05, 4.69) is 18.0 Å². The van der Waals surface area contributed by atoms with E-state index in [1.54, 1.807) is 39.4 Å². The van der Waals surface area contributed by atoms with E-state index in [-0.39, 0.29) is 11.8 Å². The van der Waals surface area contributed by atoms with Gasteiger partial charge < -0.3 is 28.8 Å². The molecule has 0 fully saturated rings. The van der Waals surface area contributed by atoms with Crippen LogP contribution < -0.4 is 23.8 Å². The molecule has 1 atom stereocenters. The average molecular weight is 495 g/mol. The zero-order valence-electron chi connectivity index (χ0n) is 20.3. The summed E-state index contributed by atoms with van der Waals surface area (Å²) in [5.41, 5.74) is 4.11. The Kier molecular flexibility index (Phi) is 5.89. The minimum Gasteiger partial charge on any atom is -0.496 e. The number of aryl methyl sites for hydroxylation is 1. The molecule has 182 valence electrons. The van der Waals surface area contributed by atoms with Gasteiger partial charge in [0.05, 0.1) is 39.6 Å². The van der Waals surface area contributed by atoms with Crippen molar-refractivity contribution in [2.24, 2.45) is 0 Å². The number of benzene rings is 3. The molecule has 1 amide bonds. The van der Waals surface area contributed by atoms with Gasteiger partial charge in [0.25, 0.3) is 5.91 Å². The van der Waals surface area contributed by atoms with Gasteiger partial charge in [0, 0.05) is 35.2 Å². The highest BCUT2D eigenvalue weighted by Gasteiger charge is 2.36. The van der Waals surface area contributed by atoms with Crippen molar-refractivity contribution in [3.8, 4) is 23.0 Å². The van der Waals surface area contributed by atoms with Gasteiger partial charge in [0.2, 0.25) is 5.75 Å². The van der Waals surface area contributed by atoms with Gasteiger partial charge in [-0.15, -0.1) is 11.6 Å². The van der Waals surface area contributed by atoms with Crippen molar-refractivity contribution in [2.75, 3.05) is 45.8 Å². The van der Waals surface area contributed by atoms with Crippen LogP contribution in [0.2, 0.25) is 0 Å². The number of anilines is 1. The molecular weight excluding hydrogens is 468 g/mol. The summed E-state index contributed by atoms with van der Waals surface area (Å²) in [5, 5.41) is 2.89. The van der Waals surface area contributed by atoms with Crippen molar-refractivity contribution in [3.63, 3.8) is 0 Å². The van der Waals surface area contributed by atoms with Gasteiger partial charge in [-0.1, -0.05) is 18.2 Å². The van der Waals surface area contributed by atoms with Crippen molar-refractivity contribution in [1.29, 1.82) is 0 Å². The van der Waals surface area contributed by atoms with Gasteiger partial charge in [-0.05, 0) is 35.6 Å². The smallest absolute Gasteiger partial charge is 0.274 e. The van der Waals surface area contributed by atoms with Crippen molar-refractivity contribution >= 4 is 44.9 Å². The predicted molar refractivity (Wildman–Crippen MR) is 138 cm³/mol. The standard InChI is InChI=1S/C27H27ClN2O5/c1-14-7-6-8-17-20(32-2)11-19-23(22(14)17)16(12-28)13-30(19)27(31)18-9-15-10-21(33-3)25(34-4)26(35-5)24(15)29-18/h6-11,16,29H,12-13H2,1-5H3/t16-/m1/s1. The molecule has 2 heterocycles. The van der Waals surface area contributed by atoms with Crippen LogP contribution in [0.15, 0.2) is 36.4 Å². The van der Waals surface area contributed by atoms with E-state index in [0.29, 0.717) is 40.9 Å². The summed E-state index contributed by atoms with van der Waals surface area (Å²) >= 11 is 6.43. The maximum Gasteiger partial charge on any atom is 0.274 e. The van der Waals surface area contributed by atoms with Crippen molar-refractivity contribution in [3.05, 3.63) is 53.2 Å². The highest BCUT2D eigenvalue weighted by atomic mass is 35.5. The van der Waals surface area contributed by atoms with Crippen LogP contribution in [0.25, 0.3) is 21.7 Å². The molecule has 0 aliphatic carbocycles. The number of carbonyl (C=O) groups is 1. The van der Waals surface area contributed by atoms with Crippen molar-refractivity contribution < 1.29 is 23.7 Å². The third-order valence-electron chi connectivity index (χ3n) is 6.76. The van der Waals surface area contributed by atoms with E-state index in [1.165, 1.54) is 0 Å². The second-order valence-electron chi connectivity index (χ2n) is 8.57. The van der Waals surface area contributed by atoms with Crippen LogP contribution in [0.1, 0.15) is 27.5 Å². The summed E-state index contributed by atoms with van der Waals surface area (Å²) in [5.74, 6) is 2.43. The minimum atomic E-state index is -0.162. The third-order valence-corrected chi connectivity index (χ3v) is 7.13. The lowest BCUT2D eigenvalue weighted by Gasteiger charge is -2.19. The number of alkyl halides is 1. The molecule has 1 N–H and O–H groups in total.